The van der Waals surface area contributed by atoms with Crippen molar-refractivity contribution in [3.8, 4) is 0 Å². The molecule has 0 aliphatic carbocycles. The van der Waals surface area contributed by atoms with Crippen LogP contribution in [-0.4, -0.2) is 16.9 Å². The highest BCUT2D eigenvalue weighted by Gasteiger charge is 2.18. The van der Waals surface area contributed by atoms with Gasteiger partial charge in [-0.25, -0.2) is 4.79 Å². The minimum Gasteiger partial charge on any atom is -0.478 e. The lowest BCUT2D eigenvalue weighted by Gasteiger charge is -2.09. The molecule has 0 heterocycles. The number of para-hydroxylation sites is 2. The summed E-state index contributed by atoms with van der Waals surface area (Å²) in [5.74, 6) is -1.56. The van der Waals surface area contributed by atoms with Crippen molar-refractivity contribution in [1.29, 1.82) is 0 Å². The van der Waals surface area contributed by atoms with E-state index in [4.69, 9.17) is 16.6 Å². The quantitative estimate of drug-likeness (QED) is 0.573. The summed E-state index contributed by atoms with van der Waals surface area (Å²) in [6.07, 6.45) is 0. The Bertz CT molecular complexity index is 665. The maximum Gasteiger partial charge on any atom is 0.337 e. The molecule has 0 amide bonds. The van der Waals surface area contributed by atoms with E-state index < -0.39 is 11.8 Å². The van der Waals surface area contributed by atoms with E-state index in [0.29, 0.717) is 11.3 Å². The Balaban J connectivity index is 2.55. The predicted molar refractivity (Wildman–Crippen MR) is 72.1 cm³/mol. The molecule has 0 atom stereocenters. The number of aromatic carboxylic acids is 1. The Labute approximate surface area is 109 Å². The summed E-state index contributed by atoms with van der Waals surface area (Å²) in [6.45, 7) is 0. The minimum absolute atomic E-state index is 0.0525. The maximum atomic E-state index is 12.3. The molecule has 0 aromatic heterocycles. The summed E-state index contributed by atoms with van der Waals surface area (Å²) in [7, 11) is 0. The number of anilines is 2. The highest BCUT2D eigenvalue weighted by molar-refractivity contribution is 6.16. The lowest BCUT2D eigenvalue weighted by atomic mass is 9.98. The Morgan fingerprint density at radius 1 is 0.842 bits per heavy atom. The lowest BCUT2D eigenvalue weighted by molar-refractivity contribution is 0.0698. The van der Waals surface area contributed by atoms with Crippen molar-refractivity contribution in [2.45, 2.75) is 0 Å². The first-order valence-electron chi connectivity index (χ1n) is 5.53. The number of carbonyl (C=O) groups is 2. The fourth-order valence-corrected chi connectivity index (χ4v) is 1.80. The second-order valence-corrected chi connectivity index (χ2v) is 3.99. The van der Waals surface area contributed by atoms with Crippen molar-refractivity contribution >= 4 is 23.1 Å². The molecule has 0 spiro atoms. The van der Waals surface area contributed by atoms with E-state index in [-0.39, 0.29) is 16.8 Å². The number of nitrogen functional groups attached to an aromatic ring is 2. The maximum absolute atomic E-state index is 12.3. The fourth-order valence-electron chi connectivity index (χ4n) is 1.80. The number of carboxylic acid groups (broad SMARTS) is 1. The molecule has 5 nitrogen and oxygen atoms in total. The van der Waals surface area contributed by atoms with Gasteiger partial charge in [-0.2, -0.15) is 0 Å². The topological polar surface area (TPSA) is 106 Å². The third-order valence-corrected chi connectivity index (χ3v) is 2.79. The number of ketones is 1. The number of hydrogen-bond acceptors (Lipinski definition) is 4. The zero-order valence-corrected chi connectivity index (χ0v) is 9.96. The lowest BCUT2D eigenvalue weighted by Crippen LogP contribution is -2.11. The largest absolute Gasteiger partial charge is 0.478 e. The number of nitrogens with two attached hydrogens (primary N) is 2. The molecule has 0 aliphatic rings. The summed E-state index contributed by atoms with van der Waals surface area (Å²) >= 11 is 0. The van der Waals surface area contributed by atoms with Crippen LogP contribution in [0.4, 0.5) is 11.4 Å². The third-order valence-electron chi connectivity index (χ3n) is 2.79. The normalized spacial score (nSPS) is 10.1. The highest BCUT2D eigenvalue weighted by atomic mass is 16.4. The summed E-state index contributed by atoms with van der Waals surface area (Å²) in [5, 5.41) is 8.98. The van der Waals surface area contributed by atoms with E-state index in [1.165, 1.54) is 18.2 Å². The van der Waals surface area contributed by atoms with E-state index in [9.17, 15) is 9.59 Å². The molecule has 0 bridgehead atoms. The Morgan fingerprint density at radius 2 is 1.42 bits per heavy atom. The number of benzene rings is 2. The Kier molecular flexibility index (Phi) is 3.20. The van der Waals surface area contributed by atoms with Crippen molar-refractivity contribution < 1.29 is 14.7 Å². The molecule has 0 saturated heterocycles. The van der Waals surface area contributed by atoms with Crippen LogP contribution in [0, 0.1) is 0 Å². The average Bonchev–Trinajstić information content (AvgIpc) is 2.38. The van der Waals surface area contributed by atoms with Crippen LogP contribution >= 0.6 is 0 Å². The molecular formula is C14H12N2O3. The van der Waals surface area contributed by atoms with Crippen molar-refractivity contribution in [2.24, 2.45) is 0 Å². The van der Waals surface area contributed by atoms with E-state index in [2.05, 4.69) is 0 Å². The zero-order chi connectivity index (χ0) is 14.0. The zero-order valence-electron chi connectivity index (χ0n) is 9.96. The molecule has 2 aromatic carbocycles. The van der Waals surface area contributed by atoms with E-state index >= 15 is 0 Å². The van der Waals surface area contributed by atoms with Crippen LogP contribution in [0.2, 0.25) is 0 Å². The summed E-state index contributed by atoms with van der Waals surface area (Å²) in [6, 6.07) is 10.9. The SMILES string of the molecule is Nc1ccccc1C(=O)c1cccc(C(=O)O)c1N. The van der Waals surface area contributed by atoms with Gasteiger partial charge in [0.2, 0.25) is 0 Å². The molecule has 2 rings (SSSR count). The van der Waals surface area contributed by atoms with Gasteiger partial charge in [-0.15, -0.1) is 0 Å². The third kappa shape index (κ3) is 2.26. The number of hydrogen-bond donors (Lipinski definition) is 3. The first-order valence-corrected chi connectivity index (χ1v) is 5.53. The van der Waals surface area contributed by atoms with Gasteiger partial charge in [-0.3, -0.25) is 4.79 Å². The van der Waals surface area contributed by atoms with Crippen LogP contribution < -0.4 is 11.5 Å². The fraction of sp³-hybridized carbons (Fsp3) is 0. The summed E-state index contributed by atoms with van der Waals surface area (Å²) in [5.41, 5.74) is 12.1. The van der Waals surface area contributed by atoms with Gasteiger partial charge in [0.15, 0.2) is 5.78 Å². The predicted octanol–water partition coefficient (Wildman–Crippen LogP) is 1.78. The molecule has 2 aromatic rings. The molecule has 96 valence electrons. The van der Waals surface area contributed by atoms with Crippen molar-refractivity contribution in [3.05, 3.63) is 59.2 Å². The van der Waals surface area contributed by atoms with Crippen LogP contribution in [0.3, 0.4) is 0 Å². The molecule has 0 aliphatic heterocycles. The number of rotatable bonds is 3. The molecule has 0 radical (unpaired) electrons. The van der Waals surface area contributed by atoms with Crippen molar-refractivity contribution in [3.63, 3.8) is 0 Å². The number of carbonyl (C=O) groups excluding carboxylic acids is 1. The standard InChI is InChI=1S/C14H12N2O3/c15-11-7-2-1-4-8(11)13(17)9-5-3-6-10(12(9)16)14(18)19/h1-7H,15-16H2,(H,18,19). The van der Waals surface area contributed by atoms with Gasteiger partial charge in [-0.05, 0) is 24.3 Å². The monoisotopic (exact) mass is 256 g/mol. The van der Waals surface area contributed by atoms with Gasteiger partial charge >= 0.3 is 5.97 Å². The number of carboxylic acids is 1. The second kappa shape index (κ2) is 4.81. The molecule has 5 heteroatoms. The second-order valence-electron chi connectivity index (χ2n) is 3.99. The van der Waals surface area contributed by atoms with Gasteiger partial charge in [0.1, 0.15) is 0 Å². The van der Waals surface area contributed by atoms with Gasteiger partial charge < -0.3 is 16.6 Å². The van der Waals surface area contributed by atoms with Crippen molar-refractivity contribution in [2.75, 3.05) is 11.5 Å². The van der Waals surface area contributed by atoms with Crippen LogP contribution in [0.1, 0.15) is 26.3 Å². The van der Waals surface area contributed by atoms with Crippen molar-refractivity contribution in [1.82, 2.24) is 0 Å². The Morgan fingerprint density at radius 3 is 2.05 bits per heavy atom. The van der Waals surface area contributed by atoms with Gasteiger partial charge in [-0.1, -0.05) is 18.2 Å². The van der Waals surface area contributed by atoms with Gasteiger partial charge in [0.05, 0.1) is 11.3 Å². The van der Waals surface area contributed by atoms with Gasteiger partial charge in [0.25, 0.3) is 0 Å². The van der Waals surface area contributed by atoms with Gasteiger partial charge in [0, 0.05) is 16.8 Å². The van der Waals surface area contributed by atoms with Crippen LogP contribution in [0.15, 0.2) is 42.5 Å². The molecule has 19 heavy (non-hydrogen) atoms. The smallest absolute Gasteiger partial charge is 0.337 e. The van der Waals surface area contributed by atoms with Crippen LogP contribution in [0.5, 0.6) is 0 Å². The van der Waals surface area contributed by atoms with E-state index in [1.54, 1.807) is 24.3 Å². The van der Waals surface area contributed by atoms with E-state index in [0.717, 1.165) is 0 Å². The minimum atomic E-state index is -1.17. The molecule has 0 saturated carbocycles. The average molecular weight is 256 g/mol. The first-order chi connectivity index (χ1) is 9.02. The molecule has 5 N–H and O–H groups in total. The summed E-state index contributed by atoms with van der Waals surface area (Å²) < 4.78 is 0. The van der Waals surface area contributed by atoms with Crippen LogP contribution in [-0.2, 0) is 0 Å². The summed E-state index contributed by atoms with van der Waals surface area (Å²) in [4.78, 5) is 23.3. The molecular weight excluding hydrogens is 244 g/mol. The van der Waals surface area contributed by atoms with E-state index in [1.807, 2.05) is 0 Å². The highest BCUT2D eigenvalue weighted by Crippen LogP contribution is 2.23. The Hall–Kier alpha value is -2.82. The molecule has 0 fully saturated rings. The first kappa shape index (κ1) is 12.6. The van der Waals surface area contributed by atoms with Crippen LogP contribution in [0.25, 0.3) is 0 Å². The molecule has 0 unspecified atom stereocenters.